The van der Waals surface area contributed by atoms with E-state index < -0.39 is 6.10 Å². The van der Waals surface area contributed by atoms with Crippen LogP contribution in [0.2, 0.25) is 0 Å². The first-order valence-electron chi connectivity index (χ1n) is 9.74. The second-order valence-electron chi connectivity index (χ2n) is 7.38. The minimum atomic E-state index is -0.616. The van der Waals surface area contributed by atoms with Gasteiger partial charge in [-0.05, 0) is 68.3 Å². The topological polar surface area (TPSA) is 84.7 Å². The number of nitrogens with one attached hydrogen (secondary N) is 1. The molecule has 0 spiro atoms. The molecule has 2 unspecified atom stereocenters. The van der Waals surface area contributed by atoms with Gasteiger partial charge in [0, 0.05) is 23.2 Å². The van der Waals surface area contributed by atoms with Crippen molar-refractivity contribution in [2.75, 3.05) is 18.4 Å². The molecule has 2 aromatic carbocycles. The Bertz CT molecular complexity index is 839. The maximum Gasteiger partial charge on any atom is 0.265 e. The van der Waals surface area contributed by atoms with Gasteiger partial charge in [0.1, 0.15) is 5.75 Å². The van der Waals surface area contributed by atoms with Crippen molar-refractivity contribution in [3.05, 3.63) is 58.6 Å². The third kappa shape index (κ3) is 6.30. The second kappa shape index (κ2) is 9.89. The molecule has 0 aromatic heterocycles. The average Bonchev–Trinajstić information content (AvgIpc) is 2.71. The normalized spacial score (nSPS) is 18.1. The molecule has 1 aliphatic rings. The van der Waals surface area contributed by atoms with Gasteiger partial charge in [-0.2, -0.15) is 0 Å². The van der Waals surface area contributed by atoms with E-state index in [2.05, 4.69) is 26.1 Å². The van der Waals surface area contributed by atoms with E-state index in [-0.39, 0.29) is 17.7 Å². The number of carbonyl (C=O) groups is 2. The zero-order chi connectivity index (χ0) is 20.8. The summed E-state index contributed by atoms with van der Waals surface area (Å²) >= 11 is 3.37. The van der Waals surface area contributed by atoms with E-state index in [0.29, 0.717) is 12.3 Å². The number of primary amides is 1. The van der Waals surface area contributed by atoms with Crippen molar-refractivity contribution in [3.8, 4) is 5.75 Å². The monoisotopic (exact) mass is 459 g/mol. The number of amides is 2. The number of ether oxygens (including phenoxy) is 1. The van der Waals surface area contributed by atoms with E-state index in [1.54, 1.807) is 6.92 Å². The summed E-state index contributed by atoms with van der Waals surface area (Å²) in [6.07, 6.45) is 1.24. The molecule has 0 saturated carbocycles. The maximum absolute atomic E-state index is 12.4. The number of halogens is 1. The van der Waals surface area contributed by atoms with Crippen LogP contribution in [-0.4, -0.2) is 35.9 Å². The molecule has 2 atom stereocenters. The molecule has 0 aliphatic carbocycles. The quantitative estimate of drug-likeness (QED) is 0.662. The Kier molecular flexibility index (Phi) is 7.28. The van der Waals surface area contributed by atoms with Crippen molar-refractivity contribution < 1.29 is 14.3 Å². The standard InChI is InChI=1S/C22H26BrN3O3/c1-15(29-20-10-6-18(23)7-11-20)22(28)25-19-8-4-16(5-9-19)13-26-12-2-3-17(14-26)21(24)27/h4-11,15,17H,2-3,12-14H2,1H3,(H2,24,27)(H,25,28). The third-order valence-corrected chi connectivity index (χ3v) is 5.56. The first kappa shape index (κ1) is 21.3. The Balaban J connectivity index is 1.51. The Labute approximate surface area is 179 Å². The van der Waals surface area contributed by atoms with Gasteiger partial charge in [0.2, 0.25) is 5.91 Å². The zero-order valence-electron chi connectivity index (χ0n) is 16.4. The number of benzene rings is 2. The van der Waals surface area contributed by atoms with E-state index >= 15 is 0 Å². The highest BCUT2D eigenvalue weighted by Gasteiger charge is 2.23. The minimum Gasteiger partial charge on any atom is -0.481 e. The Morgan fingerprint density at radius 2 is 1.90 bits per heavy atom. The SMILES string of the molecule is CC(Oc1ccc(Br)cc1)C(=O)Nc1ccc(CN2CCCC(C(N)=O)C2)cc1. The highest BCUT2D eigenvalue weighted by atomic mass is 79.9. The van der Waals surface area contributed by atoms with Crippen molar-refractivity contribution >= 4 is 33.4 Å². The van der Waals surface area contributed by atoms with Crippen LogP contribution in [0.15, 0.2) is 53.0 Å². The van der Waals surface area contributed by atoms with Crippen molar-refractivity contribution in [2.45, 2.75) is 32.4 Å². The molecule has 2 amide bonds. The number of hydrogen-bond donors (Lipinski definition) is 2. The van der Waals surface area contributed by atoms with E-state index in [0.717, 1.165) is 41.7 Å². The number of anilines is 1. The van der Waals surface area contributed by atoms with Crippen molar-refractivity contribution in [1.29, 1.82) is 0 Å². The van der Waals surface area contributed by atoms with Gasteiger partial charge in [-0.15, -0.1) is 0 Å². The molecular formula is C22H26BrN3O3. The smallest absolute Gasteiger partial charge is 0.265 e. The van der Waals surface area contributed by atoms with Gasteiger partial charge in [-0.3, -0.25) is 14.5 Å². The Hall–Kier alpha value is -2.38. The molecule has 6 nitrogen and oxygen atoms in total. The molecule has 0 bridgehead atoms. The molecule has 2 aromatic rings. The third-order valence-electron chi connectivity index (χ3n) is 5.03. The summed E-state index contributed by atoms with van der Waals surface area (Å²) < 4.78 is 6.63. The number of nitrogens with zero attached hydrogens (tertiary/aromatic N) is 1. The minimum absolute atomic E-state index is 0.0606. The zero-order valence-corrected chi connectivity index (χ0v) is 18.0. The molecule has 1 aliphatic heterocycles. The number of carbonyl (C=O) groups excluding carboxylic acids is 2. The highest BCUT2D eigenvalue weighted by molar-refractivity contribution is 9.10. The van der Waals surface area contributed by atoms with Gasteiger partial charge < -0.3 is 15.8 Å². The molecule has 7 heteroatoms. The lowest BCUT2D eigenvalue weighted by Crippen LogP contribution is -2.40. The van der Waals surface area contributed by atoms with Gasteiger partial charge in [0.25, 0.3) is 5.91 Å². The average molecular weight is 460 g/mol. The van der Waals surface area contributed by atoms with Crippen LogP contribution in [0.1, 0.15) is 25.3 Å². The molecule has 29 heavy (non-hydrogen) atoms. The molecule has 1 fully saturated rings. The van der Waals surface area contributed by atoms with Crippen molar-refractivity contribution in [2.24, 2.45) is 11.7 Å². The molecule has 3 N–H and O–H groups in total. The lowest BCUT2D eigenvalue weighted by Gasteiger charge is -2.31. The fraction of sp³-hybridized carbons (Fsp3) is 0.364. The van der Waals surface area contributed by atoms with E-state index in [4.69, 9.17) is 10.5 Å². The molecule has 154 valence electrons. The summed E-state index contributed by atoms with van der Waals surface area (Å²) in [6.45, 7) is 4.16. The van der Waals surface area contributed by atoms with Gasteiger partial charge in [-0.1, -0.05) is 28.1 Å². The van der Waals surface area contributed by atoms with Crippen LogP contribution in [0, 0.1) is 5.92 Å². The van der Waals surface area contributed by atoms with E-state index in [9.17, 15) is 9.59 Å². The summed E-state index contributed by atoms with van der Waals surface area (Å²) in [5.74, 6) is 0.157. The lowest BCUT2D eigenvalue weighted by molar-refractivity contribution is -0.123. The van der Waals surface area contributed by atoms with Crippen molar-refractivity contribution in [3.63, 3.8) is 0 Å². The number of nitrogens with two attached hydrogens (primary N) is 1. The summed E-state index contributed by atoms with van der Waals surface area (Å²) in [5, 5.41) is 2.88. The first-order chi connectivity index (χ1) is 13.9. The fourth-order valence-corrected chi connectivity index (χ4v) is 3.66. The summed E-state index contributed by atoms with van der Waals surface area (Å²) in [7, 11) is 0. The van der Waals surface area contributed by atoms with Crippen LogP contribution in [0.5, 0.6) is 5.75 Å². The van der Waals surface area contributed by atoms with Gasteiger partial charge >= 0.3 is 0 Å². The molecule has 1 saturated heterocycles. The molecule has 0 radical (unpaired) electrons. The van der Waals surface area contributed by atoms with Gasteiger partial charge in [-0.25, -0.2) is 0 Å². The van der Waals surface area contributed by atoms with E-state index in [1.807, 2.05) is 48.5 Å². The van der Waals surface area contributed by atoms with Gasteiger partial charge in [0.05, 0.1) is 5.92 Å². The molecule has 3 rings (SSSR count). The predicted octanol–water partition coefficient (Wildman–Crippen LogP) is 3.55. The van der Waals surface area contributed by atoms with Crippen LogP contribution in [0.25, 0.3) is 0 Å². The number of likely N-dealkylation sites (tertiary alicyclic amines) is 1. The Morgan fingerprint density at radius 3 is 2.55 bits per heavy atom. The van der Waals surface area contributed by atoms with Crippen molar-refractivity contribution in [1.82, 2.24) is 4.90 Å². The van der Waals surface area contributed by atoms with Crippen LogP contribution in [0.3, 0.4) is 0 Å². The van der Waals surface area contributed by atoms with Crippen LogP contribution < -0.4 is 15.8 Å². The highest BCUT2D eigenvalue weighted by Crippen LogP contribution is 2.20. The van der Waals surface area contributed by atoms with Crippen LogP contribution in [-0.2, 0) is 16.1 Å². The lowest BCUT2D eigenvalue weighted by atomic mass is 9.97. The maximum atomic E-state index is 12.4. The fourth-order valence-electron chi connectivity index (χ4n) is 3.40. The Morgan fingerprint density at radius 1 is 1.21 bits per heavy atom. The molecule has 1 heterocycles. The number of piperidine rings is 1. The summed E-state index contributed by atoms with van der Waals surface area (Å²) in [5.41, 5.74) is 7.30. The first-order valence-corrected chi connectivity index (χ1v) is 10.5. The largest absolute Gasteiger partial charge is 0.481 e. The van der Waals surface area contributed by atoms with E-state index in [1.165, 1.54) is 0 Å². The van der Waals surface area contributed by atoms with Crippen LogP contribution in [0.4, 0.5) is 5.69 Å². The summed E-state index contributed by atoms with van der Waals surface area (Å²) in [6, 6.07) is 15.1. The van der Waals surface area contributed by atoms with Crippen LogP contribution >= 0.6 is 15.9 Å². The predicted molar refractivity (Wildman–Crippen MR) is 116 cm³/mol. The number of hydrogen-bond acceptors (Lipinski definition) is 4. The summed E-state index contributed by atoms with van der Waals surface area (Å²) in [4.78, 5) is 26.1. The van der Waals surface area contributed by atoms with Gasteiger partial charge in [0.15, 0.2) is 6.10 Å². The number of rotatable bonds is 7. The molecular weight excluding hydrogens is 434 g/mol. The second-order valence-corrected chi connectivity index (χ2v) is 8.29.